The number of hydrogen-bond acceptors (Lipinski definition) is 6. The van der Waals surface area contributed by atoms with E-state index in [4.69, 9.17) is 9.47 Å². The van der Waals surface area contributed by atoms with E-state index in [0.29, 0.717) is 23.7 Å². The molecule has 0 aromatic heterocycles. The molecule has 0 fully saturated rings. The Morgan fingerprint density at radius 1 is 0.943 bits per heavy atom. The topological polar surface area (TPSA) is 84.9 Å². The van der Waals surface area contributed by atoms with Crippen molar-refractivity contribution in [3.63, 3.8) is 0 Å². The van der Waals surface area contributed by atoms with Crippen molar-refractivity contribution in [2.24, 2.45) is 0 Å². The summed E-state index contributed by atoms with van der Waals surface area (Å²) in [6, 6.07) is 21.2. The first-order valence-electron chi connectivity index (χ1n) is 11.0. The van der Waals surface area contributed by atoms with E-state index in [0.717, 1.165) is 10.1 Å². The largest absolute Gasteiger partial charge is 0.493 e. The number of hydrogen-bond donors (Lipinski definition) is 1. The molecular weight excluding hydrogens is 484 g/mol. The monoisotopic (exact) mass is 514 g/mol. The summed E-state index contributed by atoms with van der Waals surface area (Å²) in [7, 11) is -1.13. The Balaban J connectivity index is 1.68. The van der Waals surface area contributed by atoms with Crippen LogP contribution in [0.15, 0.2) is 77.7 Å². The molecule has 35 heavy (non-hydrogen) atoms. The first-order chi connectivity index (χ1) is 16.8. The minimum atomic E-state index is -4.05. The van der Waals surface area contributed by atoms with Gasteiger partial charge in [-0.2, -0.15) is 11.8 Å². The number of thioether (sulfide) groups is 1. The Hall–Kier alpha value is -3.17. The van der Waals surface area contributed by atoms with E-state index < -0.39 is 10.0 Å². The number of rotatable bonds is 12. The highest BCUT2D eigenvalue weighted by Crippen LogP contribution is 2.32. The van der Waals surface area contributed by atoms with Crippen LogP contribution < -0.4 is 19.1 Å². The van der Waals surface area contributed by atoms with Gasteiger partial charge in [0.15, 0.2) is 11.5 Å². The Labute approximate surface area is 211 Å². The number of carbonyl (C=O) groups excluding carboxylic acids is 1. The first kappa shape index (κ1) is 26.4. The zero-order valence-corrected chi connectivity index (χ0v) is 21.7. The molecule has 0 heterocycles. The van der Waals surface area contributed by atoms with Gasteiger partial charge in [0, 0.05) is 24.1 Å². The van der Waals surface area contributed by atoms with Gasteiger partial charge in [0.1, 0.15) is 6.54 Å². The van der Waals surface area contributed by atoms with Gasteiger partial charge in [0.05, 0.1) is 24.8 Å². The summed E-state index contributed by atoms with van der Waals surface area (Å²) in [4.78, 5) is 12.7. The molecule has 0 atom stereocenters. The highest BCUT2D eigenvalue weighted by atomic mass is 32.2. The second kappa shape index (κ2) is 12.5. The Morgan fingerprint density at radius 3 is 2.37 bits per heavy atom. The molecule has 1 N–H and O–H groups in total. The Morgan fingerprint density at radius 2 is 1.69 bits per heavy atom. The molecule has 9 heteroatoms. The molecule has 3 rings (SSSR count). The van der Waals surface area contributed by atoms with Crippen molar-refractivity contribution in [3.05, 3.63) is 83.9 Å². The van der Waals surface area contributed by atoms with Gasteiger partial charge < -0.3 is 14.8 Å². The molecule has 1 amide bonds. The van der Waals surface area contributed by atoms with E-state index in [2.05, 4.69) is 30.4 Å². The van der Waals surface area contributed by atoms with Crippen LogP contribution in [0.25, 0.3) is 0 Å². The maximum Gasteiger partial charge on any atom is 0.264 e. The van der Waals surface area contributed by atoms with Gasteiger partial charge in [0.2, 0.25) is 5.91 Å². The maximum absolute atomic E-state index is 13.5. The lowest BCUT2D eigenvalue weighted by Gasteiger charge is -2.24. The number of anilines is 1. The smallest absolute Gasteiger partial charge is 0.264 e. The minimum absolute atomic E-state index is 0.000475. The van der Waals surface area contributed by atoms with Crippen molar-refractivity contribution in [1.29, 1.82) is 0 Å². The summed E-state index contributed by atoms with van der Waals surface area (Å²) in [6.45, 7) is 2.15. The van der Waals surface area contributed by atoms with Gasteiger partial charge in [-0.05, 0) is 36.8 Å². The number of benzene rings is 3. The van der Waals surface area contributed by atoms with Crippen molar-refractivity contribution >= 4 is 33.4 Å². The molecule has 0 saturated carbocycles. The fourth-order valence-electron chi connectivity index (χ4n) is 3.45. The summed E-state index contributed by atoms with van der Waals surface area (Å²) in [5.74, 6) is 1.89. The molecule has 0 aliphatic heterocycles. The summed E-state index contributed by atoms with van der Waals surface area (Å²) in [6.07, 6.45) is 0. The molecule has 0 unspecified atom stereocenters. The van der Waals surface area contributed by atoms with Crippen molar-refractivity contribution in [2.75, 3.05) is 37.4 Å². The van der Waals surface area contributed by atoms with Gasteiger partial charge in [0.25, 0.3) is 10.0 Å². The average molecular weight is 515 g/mol. The molecule has 7 nitrogen and oxygen atoms in total. The zero-order chi connectivity index (χ0) is 25.3. The van der Waals surface area contributed by atoms with Crippen LogP contribution in [0.4, 0.5) is 5.69 Å². The van der Waals surface area contributed by atoms with Crippen molar-refractivity contribution in [1.82, 2.24) is 5.32 Å². The Bertz CT molecular complexity index is 1230. The van der Waals surface area contributed by atoms with Crippen LogP contribution in [0.1, 0.15) is 11.1 Å². The van der Waals surface area contributed by atoms with Crippen LogP contribution in [0, 0.1) is 6.92 Å². The van der Waals surface area contributed by atoms with Crippen LogP contribution >= 0.6 is 11.8 Å². The van der Waals surface area contributed by atoms with Gasteiger partial charge >= 0.3 is 0 Å². The van der Waals surface area contributed by atoms with Crippen molar-refractivity contribution in [2.45, 2.75) is 17.6 Å². The Kier molecular flexibility index (Phi) is 9.45. The van der Waals surface area contributed by atoms with Crippen LogP contribution in [0.3, 0.4) is 0 Å². The second-order valence-corrected chi connectivity index (χ2v) is 10.7. The SMILES string of the molecule is COc1ccc(S(=O)(=O)N(CC(=O)NCCSCc2cccc(C)c2)c2ccccc2)cc1OC. The maximum atomic E-state index is 13.5. The van der Waals surface area contributed by atoms with E-state index in [9.17, 15) is 13.2 Å². The van der Waals surface area contributed by atoms with Crippen LogP contribution in [0.5, 0.6) is 11.5 Å². The van der Waals surface area contributed by atoms with Crippen LogP contribution in [0.2, 0.25) is 0 Å². The normalized spacial score (nSPS) is 11.1. The van der Waals surface area contributed by atoms with Gasteiger partial charge in [-0.1, -0.05) is 48.0 Å². The number of nitrogens with zero attached hydrogens (tertiary/aromatic N) is 1. The standard InChI is InChI=1S/C26H30N2O5S2/c1-20-8-7-9-21(16-20)19-34-15-14-27-26(29)18-28(22-10-5-4-6-11-22)35(30,31)23-12-13-24(32-2)25(17-23)33-3/h4-13,16-17H,14-15,18-19H2,1-3H3,(H,27,29). The number of sulfonamides is 1. The number of ether oxygens (including phenoxy) is 2. The highest BCUT2D eigenvalue weighted by molar-refractivity contribution is 7.98. The summed E-state index contributed by atoms with van der Waals surface area (Å²) in [5, 5.41) is 2.83. The third-order valence-corrected chi connectivity index (χ3v) is 7.99. The molecule has 3 aromatic carbocycles. The van der Waals surface area contributed by atoms with Gasteiger partial charge in [-0.25, -0.2) is 8.42 Å². The predicted octanol–water partition coefficient (Wildman–Crippen LogP) is 4.26. The van der Waals surface area contributed by atoms with Crippen molar-refractivity contribution in [3.8, 4) is 11.5 Å². The van der Waals surface area contributed by atoms with E-state index >= 15 is 0 Å². The molecule has 0 saturated heterocycles. The van der Waals surface area contributed by atoms with E-state index in [1.807, 2.05) is 6.07 Å². The lowest BCUT2D eigenvalue weighted by atomic mass is 10.2. The number of aryl methyl sites for hydroxylation is 1. The summed E-state index contributed by atoms with van der Waals surface area (Å²) in [5.41, 5.74) is 2.84. The van der Waals surface area contributed by atoms with Crippen LogP contribution in [-0.2, 0) is 20.6 Å². The van der Waals surface area contributed by atoms with Crippen molar-refractivity contribution < 1.29 is 22.7 Å². The number of nitrogens with one attached hydrogen (secondary N) is 1. The lowest BCUT2D eigenvalue weighted by Crippen LogP contribution is -2.41. The second-order valence-electron chi connectivity index (χ2n) is 7.76. The summed E-state index contributed by atoms with van der Waals surface area (Å²) < 4.78 is 38.7. The molecule has 3 aromatic rings. The molecule has 0 aliphatic carbocycles. The molecule has 186 valence electrons. The number of para-hydroxylation sites is 1. The van der Waals surface area contributed by atoms with Gasteiger partial charge in [-0.15, -0.1) is 0 Å². The molecular formula is C26H30N2O5S2. The fraction of sp³-hybridized carbons (Fsp3) is 0.269. The third-order valence-electron chi connectivity index (χ3n) is 5.19. The average Bonchev–Trinajstić information content (AvgIpc) is 2.87. The molecule has 0 aliphatic rings. The quantitative estimate of drug-likeness (QED) is 0.364. The number of methoxy groups -OCH3 is 2. The summed E-state index contributed by atoms with van der Waals surface area (Å²) >= 11 is 1.71. The fourth-order valence-corrected chi connectivity index (χ4v) is 5.70. The zero-order valence-electron chi connectivity index (χ0n) is 20.1. The highest BCUT2D eigenvalue weighted by Gasteiger charge is 2.28. The first-order valence-corrected chi connectivity index (χ1v) is 13.6. The van der Waals surface area contributed by atoms with Gasteiger partial charge in [-0.3, -0.25) is 9.10 Å². The lowest BCUT2D eigenvalue weighted by molar-refractivity contribution is -0.119. The van der Waals surface area contributed by atoms with Crippen LogP contribution in [-0.4, -0.2) is 47.4 Å². The minimum Gasteiger partial charge on any atom is -0.493 e. The van der Waals surface area contributed by atoms with E-state index in [-0.39, 0.29) is 23.1 Å². The van der Waals surface area contributed by atoms with E-state index in [1.165, 1.54) is 43.5 Å². The third kappa shape index (κ3) is 7.16. The predicted molar refractivity (Wildman–Crippen MR) is 141 cm³/mol. The molecule has 0 radical (unpaired) electrons. The number of carbonyl (C=O) groups is 1. The number of amides is 1. The molecule has 0 spiro atoms. The van der Waals surface area contributed by atoms with E-state index in [1.54, 1.807) is 42.1 Å². The molecule has 0 bridgehead atoms.